The van der Waals surface area contributed by atoms with E-state index in [9.17, 15) is 5.11 Å². The van der Waals surface area contributed by atoms with Crippen LogP contribution >= 0.6 is 11.8 Å². The summed E-state index contributed by atoms with van der Waals surface area (Å²) < 4.78 is 6.15. The van der Waals surface area contributed by atoms with Gasteiger partial charge in [0, 0.05) is 18.2 Å². The number of hydrogen-bond acceptors (Lipinski definition) is 4. The van der Waals surface area contributed by atoms with Crippen molar-refractivity contribution in [1.82, 2.24) is 5.32 Å². The van der Waals surface area contributed by atoms with E-state index < -0.39 is 0 Å². The topological polar surface area (TPSA) is 41.5 Å². The molecule has 3 rings (SSSR count). The first kappa shape index (κ1) is 14.2. The molecule has 3 nitrogen and oxygen atoms in total. The molecule has 0 aromatic rings. The van der Waals surface area contributed by atoms with E-state index in [-0.39, 0.29) is 11.1 Å². The second-order valence-electron chi connectivity index (χ2n) is 6.62. The van der Waals surface area contributed by atoms with E-state index in [0.29, 0.717) is 12.6 Å². The summed E-state index contributed by atoms with van der Waals surface area (Å²) in [6, 6.07) is 0.544. The molecule has 2 aliphatic heterocycles. The molecule has 3 aliphatic rings. The lowest BCUT2D eigenvalue weighted by molar-refractivity contribution is -0.0972. The lowest BCUT2D eigenvalue weighted by atomic mass is 9.84. The molecule has 1 aliphatic carbocycles. The van der Waals surface area contributed by atoms with Crippen molar-refractivity contribution in [3.8, 4) is 0 Å². The van der Waals surface area contributed by atoms with Gasteiger partial charge < -0.3 is 15.2 Å². The van der Waals surface area contributed by atoms with Crippen molar-refractivity contribution in [2.75, 3.05) is 24.7 Å². The van der Waals surface area contributed by atoms with Crippen molar-refractivity contribution >= 4 is 11.8 Å². The van der Waals surface area contributed by atoms with Crippen molar-refractivity contribution in [1.29, 1.82) is 0 Å². The molecular formula is C15H27NO2S. The maximum atomic E-state index is 9.75. The molecule has 0 aromatic carbocycles. The fourth-order valence-corrected chi connectivity index (χ4v) is 5.31. The average Bonchev–Trinajstić information content (AvgIpc) is 2.89. The predicted molar refractivity (Wildman–Crippen MR) is 79.7 cm³/mol. The summed E-state index contributed by atoms with van der Waals surface area (Å²) in [5, 5.41) is 13.6. The van der Waals surface area contributed by atoms with Crippen molar-refractivity contribution < 1.29 is 9.84 Å². The number of rotatable bonds is 3. The van der Waals surface area contributed by atoms with Crippen molar-refractivity contribution in [3.63, 3.8) is 0 Å². The first-order chi connectivity index (χ1) is 9.26. The Bertz CT molecular complexity index is 293. The molecule has 2 saturated heterocycles. The molecule has 0 aromatic heterocycles. The SMILES string of the molecule is OCC1(NC2CCOC3(CCSCC3)C2)CCCC1. The van der Waals surface area contributed by atoms with Gasteiger partial charge in [0.05, 0.1) is 12.2 Å². The Morgan fingerprint density at radius 3 is 2.58 bits per heavy atom. The van der Waals surface area contributed by atoms with E-state index in [1.807, 2.05) is 0 Å². The molecule has 4 heteroatoms. The number of hydrogen-bond donors (Lipinski definition) is 2. The third-order valence-electron chi connectivity index (χ3n) is 5.27. The van der Waals surface area contributed by atoms with Crippen LogP contribution in [0.2, 0.25) is 0 Å². The molecule has 0 amide bonds. The number of ether oxygens (including phenoxy) is 1. The summed E-state index contributed by atoms with van der Waals surface area (Å²) in [5.74, 6) is 2.50. The van der Waals surface area contributed by atoms with Crippen LogP contribution in [0.4, 0.5) is 0 Å². The molecule has 1 unspecified atom stereocenters. The van der Waals surface area contributed by atoms with Crippen LogP contribution in [0.5, 0.6) is 0 Å². The standard InChI is InChI=1S/C15H27NO2S/c17-12-14(4-1-2-5-14)16-13-3-8-18-15(11-13)6-9-19-10-7-15/h13,16-17H,1-12H2. The predicted octanol–water partition coefficient (Wildman–Crippen LogP) is 2.33. The fourth-order valence-electron chi connectivity index (χ4n) is 4.08. The number of thioether (sulfide) groups is 1. The highest BCUT2D eigenvalue weighted by atomic mass is 32.2. The smallest absolute Gasteiger partial charge is 0.0713 e. The molecule has 2 N–H and O–H groups in total. The van der Waals surface area contributed by atoms with Crippen molar-refractivity contribution in [3.05, 3.63) is 0 Å². The van der Waals surface area contributed by atoms with Crippen LogP contribution in [0, 0.1) is 0 Å². The average molecular weight is 285 g/mol. The van der Waals surface area contributed by atoms with Crippen LogP contribution in [0.25, 0.3) is 0 Å². The first-order valence-electron chi connectivity index (χ1n) is 7.86. The second kappa shape index (κ2) is 5.92. The minimum atomic E-state index is 0.0204. The fraction of sp³-hybridized carbons (Fsp3) is 1.00. The molecule has 110 valence electrons. The third-order valence-corrected chi connectivity index (χ3v) is 6.26. The molecule has 19 heavy (non-hydrogen) atoms. The summed E-state index contributed by atoms with van der Waals surface area (Å²) in [4.78, 5) is 0. The van der Waals surface area contributed by atoms with Gasteiger partial charge in [-0.25, -0.2) is 0 Å². The van der Waals surface area contributed by atoms with E-state index >= 15 is 0 Å². The third kappa shape index (κ3) is 3.12. The zero-order valence-corrected chi connectivity index (χ0v) is 12.6. The Labute approximate surface area is 120 Å². The van der Waals surface area contributed by atoms with Crippen LogP contribution < -0.4 is 5.32 Å². The lowest BCUT2D eigenvalue weighted by Crippen LogP contribution is -2.56. The molecule has 1 atom stereocenters. The first-order valence-corrected chi connectivity index (χ1v) is 9.02. The maximum Gasteiger partial charge on any atom is 0.0713 e. The van der Waals surface area contributed by atoms with Gasteiger partial charge in [-0.05, 0) is 50.0 Å². The Morgan fingerprint density at radius 1 is 1.16 bits per heavy atom. The lowest BCUT2D eigenvalue weighted by Gasteiger charge is -2.45. The highest BCUT2D eigenvalue weighted by molar-refractivity contribution is 7.99. The van der Waals surface area contributed by atoms with Gasteiger partial charge in [0.15, 0.2) is 0 Å². The van der Waals surface area contributed by atoms with Gasteiger partial charge in [0.1, 0.15) is 0 Å². The molecule has 1 spiro atoms. The summed E-state index contributed by atoms with van der Waals surface area (Å²) >= 11 is 2.06. The Balaban J connectivity index is 1.61. The summed E-state index contributed by atoms with van der Waals surface area (Å²) in [5.41, 5.74) is 0.170. The monoisotopic (exact) mass is 285 g/mol. The van der Waals surface area contributed by atoms with Crippen LogP contribution in [-0.4, -0.2) is 47.0 Å². The highest BCUT2D eigenvalue weighted by Gasteiger charge is 2.42. The molecule has 0 radical (unpaired) electrons. The van der Waals surface area contributed by atoms with Gasteiger partial charge in [-0.3, -0.25) is 0 Å². The molecule has 3 fully saturated rings. The Hall–Kier alpha value is 0.230. The summed E-state index contributed by atoms with van der Waals surface area (Å²) in [7, 11) is 0. The quantitative estimate of drug-likeness (QED) is 0.835. The second-order valence-corrected chi connectivity index (χ2v) is 7.85. The van der Waals surface area contributed by atoms with Gasteiger partial charge in [-0.15, -0.1) is 0 Å². The van der Waals surface area contributed by atoms with Gasteiger partial charge in [0.25, 0.3) is 0 Å². The van der Waals surface area contributed by atoms with E-state index in [0.717, 1.165) is 32.3 Å². The number of nitrogens with one attached hydrogen (secondary N) is 1. The Kier molecular flexibility index (Phi) is 4.42. The van der Waals surface area contributed by atoms with Crippen LogP contribution in [-0.2, 0) is 4.74 Å². The van der Waals surface area contributed by atoms with Gasteiger partial charge in [-0.1, -0.05) is 12.8 Å². The van der Waals surface area contributed by atoms with Crippen molar-refractivity contribution in [2.45, 2.75) is 68.5 Å². The zero-order chi connectivity index (χ0) is 13.2. The largest absolute Gasteiger partial charge is 0.394 e. The van der Waals surface area contributed by atoms with Crippen molar-refractivity contribution in [2.24, 2.45) is 0 Å². The highest BCUT2D eigenvalue weighted by Crippen LogP contribution is 2.39. The van der Waals surface area contributed by atoms with E-state index in [4.69, 9.17) is 4.74 Å². The maximum absolute atomic E-state index is 9.75. The van der Waals surface area contributed by atoms with Crippen LogP contribution in [0.3, 0.4) is 0 Å². The number of aliphatic hydroxyl groups excluding tert-OH is 1. The summed E-state index contributed by atoms with van der Waals surface area (Å²) in [6.07, 6.45) is 9.49. The minimum absolute atomic E-state index is 0.0204. The van der Waals surface area contributed by atoms with Crippen LogP contribution in [0.1, 0.15) is 51.4 Å². The zero-order valence-electron chi connectivity index (χ0n) is 11.8. The van der Waals surface area contributed by atoms with E-state index in [2.05, 4.69) is 17.1 Å². The summed E-state index contributed by atoms with van der Waals surface area (Å²) in [6.45, 7) is 1.19. The van der Waals surface area contributed by atoms with E-state index in [1.54, 1.807) is 0 Å². The van der Waals surface area contributed by atoms with Gasteiger partial charge in [-0.2, -0.15) is 11.8 Å². The Morgan fingerprint density at radius 2 is 1.89 bits per heavy atom. The van der Waals surface area contributed by atoms with Gasteiger partial charge >= 0.3 is 0 Å². The minimum Gasteiger partial charge on any atom is -0.394 e. The van der Waals surface area contributed by atoms with Crippen LogP contribution in [0.15, 0.2) is 0 Å². The van der Waals surface area contributed by atoms with Gasteiger partial charge in [0.2, 0.25) is 0 Å². The number of aliphatic hydroxyl groups is 1. The molecule has 0 bridgehead atoms. The normalized spacial score (nSPS) is 33.6. The molecular weight excluding hydrogens is 258 g/mol. The molecule has 2 heterocycles. The molecule has 1 saturated carbocycles. The van der Waals surface area contributed by atoms with E-state index in [1.165, 1.54) is 37.2 Å².